The van der Waals surface area contributed by atoms with E-state index in [0.29, 0.717) is 6.54 Å². The Balaban J connectivity index is 2.07. The van der Waals surface area contributed by atoms with Gasteiger partial charge in [0.05, 0.1) is 0 Å². The third-order valence-corrected chi connectivity index (χ3v) is 2.47. The van der Waals surface area contributed by atoms with Crippen LogP contribution in [0.25, 0.3) is 0 Å². The molecule has 0 aromatic heterocycles. The van der Waals surface area contributed by atoms with Crippen LogP contribution in [-0.4, -0.2) is 24.5 Å². The SMILES string of the molecule is Cc1cccc(N2CC2C(=O)N=C(N)N)c1. The predicted octanol–water partition coefficient (Wildman–Crippen LogP) is -0.0164. The molecule has 1 aliphatic heterocycles. The average Bonchev–Trinajstić information content (AvgIpc) is 2.95. The molecule has 0 saturated carbocycles. The van der Waals surface area contributed by atoms with Gasteiger partial charge in [0.1, 0.15) is 6.04 Å². The first kappa shape index (κ1) is 10.5. The molecule has 0 radical (unpaired) electrons. The standard InChI is InChI=1S/C11H14N4O/c1-7-3-2-4-8(5-7)15-6-9(15)10(16)14-11(12)13/h2-5,9H,6H2,1H3,(H4,12,13,14,16). The normalized spacial score (nSPS) is 18.1. The van der Waals surface area contributed by atoms with Crippen LogP contribution in [0.4, 0.5) is 5.69 Å². The van der Waals surface area contributed by atoms with E-state index < -0.39 is 0 Å². The molecule has 0 spiro atoms. The van der Waals surface area contributed by atoms with Gasteiger partial charge in [-0.2, -0.15) is 4.99 Å². The van der Waals surface area contributed by atoms with E-state index >= 15 is 0 Å². The third kappa shape index (κ3) is 2.13. The van der Waals surface area contributed by atoms with Crippen LogP contribution in [0.15, 0.2) is 29.3 Å². The van der Waals surface area contributed by atoms with Gasteiger partial charge >= 0.3 is 0 Å². The summed E-state index contributed by atoms with van der Waals surface area (Å²) in [5.41, 5.74) is 12.5. The molecule has 4 N–H and O–H groups in total. The Hall–Kier alpha value is -2.04. The summed E-state index contributed by atoms with van der Waals surface area (Å²) in [6, 6.07) is 7.77. The molecule has 1 heterocycles. The number of guanidine groups is 1. The molecule has 5 heteroatoms. The Morgan fingerprint density at radius 2 is 2.25 bits per heavy atom. The number of carbonyl (C=O) groups excluding carboxylic acids is 1. The van der Waals surface area contributed by atoms with Gasteiger partial charge in [-0.05, 0) is 24.6 Å². The number of rotatable bonds is 2. The maximum absolute atomic E-state index is 11.5. The number of nitrogens with two attached hydrogens (primary N) is 2. The van der Waals surface area contributed by atoms with Crippen molar-refractivity contribution >= 4 is 17.6 Å². The summed E-state index contributed by atoms with van der Waals surface area (Å²) in [6.07, 6.45) is 0. The molecule has 1 atom stereocenters. The summed E-state index contributed by atoms with van der Waals surface area (Å²) < 4.78 is 0. The topological polar surface area (TPSA) is 84.5 Å². The molecule has 0 bridgehead atoms. The van der Waals surface area contributed by atoms with Gasteiger partial charge in [-0.1, -0.05) is 12.1 Å². The minimum atomic E-state index is -0.276. The summed E-state index contributed by atoms with van der Waals surface area (Å²) in [6.45, 7) is 2.69. The Labute approximate surface area is 93.7 Å². The van der Waals surface area contributed by atoms with E-state index in [1.165, 1.54) is 0 Å². The van der Waals surface area contributed by atoms with Gasteiger partial charge in [0, 0.05) is 12.2 Å². The molecule has 1 unspecified atom stereocenters. The number of hydrogen-bond acceptors (Lipinski definition) is 2. The molecule has 1 amide bonds. The van der Waals surface area contributed by atoms with Crippen molar-refractivity contribution in [3.05, 3.63) is 29.8 Å². The molecular weight excluding hydrogens is 204 g/mol. The number of hydrogen-bond donors (Lipinski definition) is 2. The molecule has 2 rings (SSSR count). The molecule has 1 fully saturated rings. The average molecular weight is 218 g/mol. The Morgan fingerprint density at radius 3 is 2.88 bits per heavy atom. The van der Waals surface area contributed by atoms with Crippen LogP contribution < -0.4 is 16.4 Å². The fraction of sp³-hybridized carbons (Fsp3) is 0.273. The first-order valence-corrected chi connectivity index (χ1v) is 5.05. The van der Waals surface area contributed by atoms with Crippen LogP contribution >= 0.6 is 0 Å². The van der Waals surface area contributed by atoms with Crippen molar-refractivity contribution in [2.24, 2.45) is 16.5 Å². The highest BCUT2D eigenvalue weighted by atomic mass is 16.2. The fourth-order valence-corrected chi connectivity index (χ4v) is 1.64. The van der Waals surface area contributed by atoms with Gasteiger partial charge in [0.15, 0.2) is 5.96 Å². The van der Waals surface area contributed by atoms with Gasteiger partial charge in [0.25, 0.3) is 5.91 Å². The number of anilines is 1. The smallest absolute Gasteiger partial charge is 0.273 e. The summed E-state index contributed by atoms with van der Waals surface area (Å²) in [7, 11) is 0. The van der Waals surface area contributed by atoms with Crippen LogP contribution in [0.2, 0.25) is 0 Å². The molecule has 0 aliphatic carbocycles. The van der Waals surface area contributed by atoms with Crippen molar-refractivity contribution in [2.45, 2.75) is 13.0 Å². The second-order valence-corrected chi connectivity index (χ2v) is 3.88. The van der Waals surface area contributed by atoms with Gasteiger partial charge in [-0.15, -0.1) is 0 Å². The summed E-state index contributed by atoms with van der Waals surface area (Å²) in [5.74, 6) is -0.456. The van der Waals surface area contributed by atoms with Crippen molar-refractivity contribution in [1.29, 1.82) is 0 Å². The third-order valence-electron chi connectivity index (χ3n) is 2.47. The molecule has 84 valence electrons. The molecule has 1 aromatic rings. The predicted molar refractivity (Wildman–Crippen MR) is 63.1 cm³/mol. The largest absolute Gasteiger partial charge is 0.370 e. The second-order valence-electron chi connectivity index (χ2n) is 3.88. The maximum atomic E-state index is 11.5. The first-order valence-electron chi connectivity index (χ1n) is 5.05. The molecular formula is C11H14N4O. The van der Waals surface area contributed by atoms with Crippen molar-refractivity contribution in [3.63, 3.8) is 0 Å². The number of amides is 1. The van der Waals surface area contributed by atoms with Crippen LogP contribution in [0.5, 0.6) is 0 Å². The maximum Gasteiger partial charge on any atom is 0.273 e. The van der Waals surface area contributed by atoms with Crippen molar-refractivity contribution < 1.29 is 4.79 Å². The molecule has 16 heavy (non-hydrogen) atoms. The van der Waals surface area contributed by atoms with Gasteiger partial charge in [-0.25, -0.2) is 0 Å². The van der Waals surface area contributed by atoms with E-state index in [2.05, 4.69) is 4.99 Å². The van der Waals surface area contributed by atoms with Crippen molar-refractivity contribution in [3.8, 4) is 0 Å². The highest BCUT2D eigenvalue weighted by Crippen LogP contribution is 2.28. The number of benzene rings is 1. The molecule has 1 saturated heterocycles. The Bertz CT molecular complexity index is 451. The van der Waals surface area contributed by atoms with Gasteiger partial charge in [-0.3, -0.25) is 4.79 Å². The zero-order valence-corrected chi connectivity index (χ0v) is 9.05. The summed E-state index contributed by atoms with van der Waals surface area (Å²) >= 11 is 0. The molecule has 5 nitrogen and oxygen atoms in total. The van der Waals surface area contributed by atoms with E-state index in [0.717, 1.165) is 11.3 Å². The highest BCUT2D eigenvalue weighted by molar-refractivity contribution is 5.98. The highest BCUT2D eigenvalue weighted by Gasteiger charge is 2.40. The zero-order valence-electron chi connectivity index (χ0n) is 9.05. The van der Waals surface area contributed by atoms with Gasteiger partial charge < -0.3 is 16.4 Å². The van der Waals surface area contributed by atoms with E-state index in [4.69, 9.17) is 11.5 Å². The molecule has 1 aromatic carbocycles. The Morgan fingerprint density at radius 1 is 1.50 bits per heavy atom. The van der Waals surface area contributed by atoms with E-state index in [9.17, 15) is 4.79 Å². The lowest BCUT2D eigenvalue weighted by atomic mass is 10.2. The summed E-state index contributed by atoms with van der Waals surface area (Å²) in [4.78, 5) is 17.0. The quantitative estimate of drug-likeness (QED) is 0.415. The van der Waals surface area contributed by atoms with Gasteiger partial charge in [0.2, 0.25) is 0 Å². The van der Waals surface area contributed by atoms with Crippen LogP contribution in [-0.2, 0) is 4.79 Å². The van der Waals surface area contributed by atoms with E-state index in [1.54, 1.807) is 0 Å². The first-order chi connectivity index (χ1) is 7.58. The lowest BCUT2D eigenvalue weighted by molar-refractivity contribution is -0.117. The lowest BCUT2D eigenvalue weighted by Crippen LogP contribution is -2.26. The van der Waals surface area contributed by atoms with Crippen LogP contribution in [0.1, 0.15) is 5.56 Å². The lowest BCUT2D eigenvalue weighted by Gasteiger charge is -2.04. The van der Waals surface area contributed by atoms with Crippen LogP contribution in [0, 0.1) is 6.92 Å². The fourth-order valence-electron chi connectivity index (χ4n) is 1.64. The van der Waals surface area contributed by atoms with E-state index in [-0.39, 0.29) is 17.9 Å². The number of aryl methyl sites for hydroxylation is 1. The monoisotopic (exact) mass is 218 g/mol. The number of nitrogens with zero attached hydrogens (tertiary/aromatic N) is 2. The van der Waals surface area contributed by atoms with E-state index in [1.807, 2.05) is 36.1 Å². The Kier molecular flexibility index (Phi) is 2.52. The minimum absolute atomic E-state index is 0.180. The van der Waals surface area contributed by atoms with Crippen molar-refractivity contribution in [2.75, 3.05) is 11.4 Å². The minimum Gasteiger partial charge on any atom is -0.370 e. The summed E-state index contributed by atoms with van der Waals surface area (Å²) in [5, 5.41) is 0. The van der Waals surface area contributed by atoms with Crippen molar-refractivity contribution in [1.82, 2.24) is 0 Å². The number of aliphatic imine (C=N–C) groups is 1. The number of carbonyl (C=O) groups is 1. The van der Waals surface area contributed by atoms with Crippen LogP contribution in [0.3, 0.4) is 0 Å². The molecule has 1 aliphatic rings. The zero-order chi connectivity index (χ0) is 11.7. The second kappa shape index (κ2) is 3.84.